The van der Waals surface area contributed by atoms with Gasteiger partial charge in [0, 0.05) is 10.9 Å². The molecule has 0 aliphatic heterocycles. The highest BCUT2D eigenvalue weighted by Crippen LogP contribution is 2.32. The van der Waals surface area contributed by atoms with Crippen LogP contribution in [0, 0.1) is 19.7 Å². The van der Waals surface area contributed by atoms with Crippen molar-refractivity contribution in [1.29, 1.82) is 0 Å². The highest BCUT2D eigenvalue weighted by molar-refractivity contribution is 7.92. The van der Waals surface area contributed by atoms with Crippen LogP contribution in [-0.2, 0) is 10.0 Å². The number of nitrogens with one attached hydrogen (secondary N) is 1. The molecule has 0 radical (unpaired) electrons. The first kappa shape index (κ1) is 18.3. The number of aryl methyl sites for hydroxylation is 2. The monoisotopic (exact) mass is 392 g/mol. The van der Waals surface area contributed by atoms with E-state index in [0.717, 1.165) is 5.01 Å². The van der Waals surface area contributed by atoms with Crippen molar-refractivity contribution in [3.8, 4) is 17.0 Å². The molecule has 0 bridgehead atoms. The molecule has 3 aromatic rings. The third-order valence-corrected chi connectivity index (χ3v) is 5.96. The fourth-order valence-electron chi connectivity index (χ4n) is 2.48. The van der Waals surface area contributed by atoms with Gasteiger partial charge >= 0.3 is 0 Å². The van der Waals surface area contributed by atoms with Gasteiger partial charge in [-0.05, 0) is 55.8 Å². The number of hydrogen-bond acceptors (Lipinski definition) is 5. The lowest BCUT2D eigenvalue weighted by Crippen LogP contribution is -2.15. The molecule has 2 aromatic carbocycles. The smallest absolute Gasteiger partial charge is 0.265 e. The second-order valence-electron chi connectivity index (χ2n) is 5.68. The van der Waals surface area contributed by atoms with E-state index in [9.17, 15) is 12.8 Å². The molecule has 3 rings (SSSR count). The maximum absolute atomic E-state index is 13.3. The number of sulfonamides is 1. The zero-order chi connectivity index (χ0) is 18.9. The van der Waals surface area contributed by atoms with Crippen molar-refractivity contribution in [2.45, 2.75) is 18.7 Å². The number of halogens is 1. The lowest BCUT2D eigenvalue weighted by molar-refractivity contribution is 0.403. The summed E-state index contributed by atoms with van der Waals surface area (Å²) in [4.78, 5) is 4.38. The second-order valence-corrected chi connectivity index (χ2v) is 8.40. The van der Waals surface area contributed by atoms with Crippen molar-refractivity contribution in [1.82, 2.24) is 4.98 Å². The van der Waals surface area contributed by atoms with E-state index in [4.69, 9.17) is 4.74 Å². The van der Waals surface area contributed by atoms with Crippen LogP contribution in [-0.4, -0.2) is 20.5 Å². The summed E-state index contributed by atoms with van der Waals surface area (Å²) in [6, 6.07) is 8.74. The molecule has 5 nitrogen and oxygen atoms in total. The molecule has 1 N–H and O–H groups in total. The summed E-state index contributed by atoms with van der Waals surface area (Å²) in [7, 11) is -2.53. The Morgan fingerprint density at radius 1 is 1.15 bits per heavy atom. The number of aromatic nitrogens is 1. The maximum Gasteiger partial charge on any atom is 0.265 e. The van der Waals surface area contributed by atoms with E-state index in [-0.39, 0.29) is 10.6 Å². The average molecular weight is 392 g/mol. The summed E-state index contributed by atoms with van der Waals surface area (Å²) in [5, 5.41) is 2.76. The van der Waals surface area contributed by atoms with Crippen LogP contribution in [0.2, 0.25) is 0 Å². The van der Waals surface area contributed by atoms with Gasteiger partial charge in [-0.3, -0.25) is 4.72 Å². The predicted octanol–water partition coefficient (Wildman–Crippen LogP) is 4.38. The number of thiazole rings is 1. The Morgan fingerprint density at radius 2 is 1.92 bits per heavy atom. The standard InChI is InChI=1S/C18H17FN2O3S2/c1-11-8-14(19)5-6-15(11)21-26(22,23)18-9-13(4-7-17(18)24-3)16-10-25-12(2)20-16/h4-10,21H,1-3H3. The minimum absolute atomic E-state index is 0.00752. The molecular weight excluding hydrogens is 375 g/mol. The summed E-state index contributed by atoms with van der Waals surface area (Å²) in [6.45, 7) is 3.51. The minimum Gasteiger partial charge on any atom is -0.495 e. The summed E-state index contributed by atoms with van der Waals surface area (Å²) < 4.78 is 46.8. The molecular formula is C18H17FN2O3S2. The normalized spacial score (nSPS) is 11.4. The fourth-order valence-corrected chi connectivity index (χ4v) is 4.43. The summed E-state index contributed by atoms with van der Waals surface area (Å²) in [5.74, 6) is -0.211. The third kappa shape index (κ3) is 3.71. The number of benzene rings is 2. The number of methoxy groups -OCH3 is 1. The quantitative estimate of drug-likeness (QED) is 0.700. The molecule has 0 saturated heterocycles. The summed E-state index contributed by atoms with van der Waals surface area (Å²) >= 11 is 1.49. The molecule has 1 aromatic heterocycles. The van der Waals surface area contributed by atoms with Crippen molar-refractivity contribution in [2.75, 3.05) is 11.8 Å². The Kier molecular flexibility index (Phi) is 4.97. The van der Waals surface area contributed by atoms with E-state index < -0.39 is 15.8 Å². The van der Waals surface area contributed by atoms with Crippen LogP contribution in [0.1, 0.15) is 10.6 Å². The fraction of sp³-hybridized carbons (Fsp3) is 0.167. The summed E-state index contributed by atoms with van der Waals surface area (Å²) in [5.41, 5.74) is 2.16. The van der Waals surface area contributed by atoms with Gasteiger partial charge < -0.3 is 4.74 Å². The number of nitrogens with zero attached hydrogens (tertiary/aromatic N) is 1. The minimum atomic E-state index is -3.94. The first-order valence-electron chi connectivity index (χ1n) is 7.69. The Balaban J connectivity index is 2.05. The highest BCUT2D eigenvalue weighted by atomic mass is 32.2. The van der Waals surface area contributed by atoms with Gasteiger partial charge in [-0.15, -0.1) is 11.3 Å². The van der Waals surface area contributed by atoms with E-state index in [1.54, 1.807) is 19.1 Å². The van der Waals surface area contributed by atoms with Crippen LogP contribution < -0.4 is 9.46 Å². The van der Waals surface area contributed by atoms with Gasteiger partial charge in [-0.2, -0.15) is 0 Å². The lowest BCUT2D eigenvalue weighted by Gasteiger charge is -2.14. The zero-order valence-electron chi connectivity index (χ0n) is 14.4. The second kappa shape index (κ2) is 7.05. The number of ether oxygens (including phenoxy) is 1. The van der Waals surface area contributed by atoms with Crippen LogP contribution in [0.15, 0.2) is 46.7 Å². The van der Waals surface area contributed by atoms with Crippen molar-refractivity contribution in [2.24, 2.45) is 0 Å². The molecule has 1 heterocycles. The molecule has 0 atom stereocenters. The largest absolute Gasteiger partial charge is 0.495 e. The Morgan fingerprint density at radius 3 is 2.54 bits per heavy atom. The van der Waals surface area contributed by atoms with Gasteiger partial charge in [0.05, 0.1) is 23.5 Å². The van der Waals surface area contributed by atoms with Crippen LogP contribution in [0.5, 0.6) is 5.75 Å². The molecule has 136 valence electrons. The Labute approximate surface area is 155 Å². The van der Waals surface area contributed by atoms with E-state index in [1.165, 1.54) is 42.7 Å². The van der Waals surface area contributed by atoms with Gasteiger partial charge in [0.2, 0.25) is 0 Å². The maximum atomic E-state index is 13.3. The SMILES string of the molecule is COc1ccc(-c2csc(C)n2)cc1S(=O)(=O)Nc1ccc(F)cc1C. The number of anilines is 1. The number of rotatable bonds is 5. The molecule has 0 aliphatic rings. The van der Waals surface area contributed by atoms with Gasteiger partial charge in [0.25, 0.3) is 10.0 Å². The van der Waals surface area contributed by atoms with E-state index in [1.807, 2.05) is 12.3 Å². The van der Waals surface area contributed by atoms with Crippen molar-refractivity contribution in [3.05, 3.63) is 58.2 Å². The van der Waals surface area contributed by atoms with Crippen molar-refractivity contribution >= 4 is 27.0 Å². The summed E-state index contributed by atoms with van der Waals surface area (Å²) in [6.07, 6.45) is 0. The van der Waals surface area contributed by atoms with Crippen molar-refractivity contribution in [3.63, 3.8) is 0 Å². The molecule has 0 amide bonds. The van der Waals surface area contributed by atoms with Crippen LogP contribution in [0.25, 0.3) is 11.3 Å². The zero-order valence-corrected chi connectivity index (χ0v) is 16.0. The van der Waals surface area contributed by atoms with Crippen LogP contribution in [0.3, 0.4) is 0 Å². The first-order valence-corrected chi connectivity index (χ1v) is 10.1. The topological polar surface area (TPSA) is 68.3 Å². The molecule has 26 heavy (non-hydrogen) atoms. The van der Waals surface area contributed by atoms with Crippen LogP contribution in [0.4, 0.5) is 10.1 Å². The molecule has 0 fully saturated rings. The Hall–Kier alpha value is -2.45. The third-order valence-electron chi connectivity index (χ3n) is 3.80. The van der Waals surface area contributed by atoms with E-state index >= 15 is 0 Å². The van der Waals surface area contributed by atoms with Gasteiger partial charge in [-0.25, -0.2) is 17.8 Å². The van der Waals surface area contributed by atoms with Gasteiger partial charge in [0.15, 0.2) is 0 Å². The number of hydrogen-bond donors (Lipinski definition) is 1. The van der Waals surface area contributed by atoms with E-state index in [0.29, 0.717) is 22.5 Å². The van der Waals surface area contributed by atoms with Crippen LogP contribution >= 0.6 is 11.3 Å². The van der Waals surface area contributed by atoms with E-state index in [2.05, 4.69) is 9.71 Å². The van der Waals surface area contributed by atoms with Gasteiger partial charge in [0.1, 0.15) is 16.5 Å². The molecule has 8 heteroatoms. The molecule has 0 spiro atoms. The molecule has 0 saturated carbocycles. The molecule has 0 aliphatic carbocycles. The first-order chi connectivity index (χ1) is 12.3. The van der Waals surface area contributed by atoms with Crippen molar-refractivity contribution < 1.29 is 17.5 Å². The highest BCUT2D eigenvalue weighted by Gasteiger charge is 2.22. The average Bonchev–Trinajstić information content (AvgIpc) is 3.03. The lowest BCUT2D eigenvalue weighted by atomic mass is 10.2. The Bertz CT molecular complexity index is 1060. The van der Waals surface area contributed by atoms with Gasteiger partial charge in [-0.1, -0.05) is 0 Å². The molecule has 0 unspecified atom stereocenters. The predicted molar refractivity (Wildman–Crippen MR) is 101 cm³/mol.